The Morgan fingerprint density at radius 2 is 2.05 bits per heavy atom. The molecule has 0 spiro atoms. The molecule has 1 aromatic rings. The molecule has 1 saturated heterocycles. The Morgan fingerprint density at radius 3 is 2.68 bits per heavy atom. The molecule has 0 saturated carbocycles. The van der Waals surface area contributed by atoms with Crippen molar-refractivity contribution in [2.45, 2.75) is 45.2 Å². The molecule has 1 aliphatic rings. The van der Waals surface area contributed by atoms with Crippen LogP contribution in [0.3, 0.4) is 0 Å². The van der Waals surface area contributed by atoms with Gasteiger partial charge in [-0.15, -0.1) is 0 Å². The number of carbonyl (C=O) groups is 1. The highest BCUT2D eigenvalue weighted by Gasteiger charge is 2.30. The second-order valence-corrected chi connectivity index (χ2v) is 5.77. The molecule has 1 heterocycles. The molecule has 3 nitrogen and oxygen atoms in total. The summed E-state index contributed by atoms with van der Waals surface area (Å²) in [6.45, 7) is 5.00. The number of nitrogens with zero attached hydrogens (tertiary/aromatic N) is 1. The van der Waals surface area contributed by atoms with Crippen LogP contribution in [0.15, 0.2) is 30.3 Å². The summed E-state index contributed by atoms with van der Waals surface area (Å²) < 4.78 is 0. The number of carbonyl (C=O) groups excluding carboxylic acids is 1. The van der Waals surface area contributed by atoms with Crippen molar-refractivity contribution in [3.8, 4) is 0 Å². The molecular weight excluding hydrogens is 236 g/mol. The maximum Gasteiger partial charge on any atom is 0.224 e. The van der Waals surface area contributed by atoms with Crippen LogP contribution in [0, 0.1) is 5.92 Å². The fourth-order valence-electron chi connectivity index (χ4n) is 2.64. The van der Waals surface area contributed by atoms with E-state index in [2.05, 4.69) is 26.0 Å². The van der Waals surface area contributed by atoms with Gasteiger partial charge in [0.1, 0.15) is 0 Å². The van der Waals surface area contributed by atoms with Crippen LogP contribution in [0.25, 0.3) is 0 Å². The number of amides is 1. The van der Waals surface area contributed by atoms with E-state index in [9.17, 15) is 4.79 Å². The average molecular weight is 260 g/mol. The van der Waals surface area contributed by atoms with Crippen LogP contribution in [-0.4, -0.2) is 23.4 Å². The standard InChI is InChI=1S/C16H24N2O/c1-12(2)14(17)11-16(19)18-10-6-9-15(18)13-7-4-3-5-8-13/h3-5,7-8,12,14-15H,6,9-11,17H2,1-2H3. The molecule has 104 valence electrons. The first-order valence-corrected chi connectivity index (χ1v) is 7.19. The Kier molecular flexibility index (Phi) is 4.59. The molecule has 1 aliphatic heterocycles. The zero-order chi connectivity index (χ0) is 13.8. The molecule has 3 heteroatoms. The van der Waals surface area contributed by atoms with Crippen molar-refractivity contribution in [3.05, 3.63) is 35.9 Å². The highest BCUT2D eigenvalue weighted by molar-refractivity contribution is 5.77. The van der Waals surface area contributed by atoms with E-state index in [0.29, 0.717) is 12.3 Å². The Labute approximate surface area is 115 Å². The molecule has 2 rings (SSSR count). The third kappa shape index (κ3) is 3.35. The summed E-state index contributed by atoms with van der Waals surface area (Å²) in [7, 11) is 0. The summed E-state index contributed by atoms with van der Waals surface area (Å²) in [6, 6.07) is 10.5. The van der Waals surface area contributed by atoms with Crippen LogP contribution < -0.4 is 5.73 Å². The van der Waals surface area contributed by atoms with Gasteiger partial charge in [-0.2, -0.15) is 0 Å². The Hall–Kier alpha value is -1.35. The molecule has 0 radical (unpaired) electrons. The van der Waals surface area contributed by atoms with Crippen LogP contribution in [0.1, 0.15) is 44.7 Å². The lowest BCUT2D eigenvalue weighted by Gasteiger charge is -2.27. The highest BCUT2D eigenvalue weighted by Crippen LogP contribution is 2.32. The summed E-state index contributed by atoms with van der Waals surface area (Å²) in [4.78, 5) is 14.4. The van der Waals surface area contributed by atoms with Gasteiger partial charge in [-0.05, 0) is 24.3 Å². The molecule has 0 aromatic heterocycles. The molecule has 2 atom stereocenters. The van der Waals surface area contributed by atoms with Gasteiger partial charge in [0.15, 0.2) is 0 Å². The first-order valence-electron chi connectivity index (χ1n) is 7.19. The van der Waals surface area contributed by atoms with E-state index in [1.54, 1.807) is 0 Å². The van der Waals surface area contributed by atoms with Crippen LogP contribution >= 0.6 is 0 Å². The fourth-order valence-corrected chi connectivity index (χ4v) is 2.64. The van der Waals surface area contributed by atoms with E-state index >= 15 is 0 Å². The number of nitrogens with two attached hydrogens (primary N) is 1. The monoisotopic (exact) mass is 260 g/mol. The molecule has 1 amide bonds. The second kappa shape index (κ2) is 6.20. The highest BCUT2D eigenvalue weighted by atomic mass is 16.2. The molecule has 1 aromatic carbocycles. The van der Waals surface area contributed by atoms with Gasteiger partial charge in [0.05, 0.1) is 6.04 Å². The van der Waals surface area contributed by atoms with Crippen molar-refractivity contribution in [1.82, 2.24) is 4.90 Å². The zero-order valence-electron chi connectivity index (χ0n) is 11.9. The maximum atomic E-state index is 12.4. The minimum atomic E-state index is -0.0375. The van der Waals surface area contributed by atoms with Crippen molar-refractivity contribution in [2.75, 3.05) is 6.54 Å². The van der Waals surface area contributed by atoms with Gasteiger partial charge in [-0.25, -0.2) is 0 Å². The summed E-state index contributed by atoms with van der Waals surface area (Å²) in [5, 5.41) is 0. The Morgan fingerprint density at radius 1 is 1.37 bits per heavy atom. The van der Waals surface area contributed by atoms with Gasteiger partial charge in [-0.3, -0.25) is 4.79 Å². The molecule has 1 fully saturated rings. The molecule has 2 N–H and O–H groups in total. The second-order valence-electron chi connectivity index (χ2n) is 5.77. The zero-order valence-corrected chi connectivity index (χ0v) is 11.9. The number of hydrogen-bond donors (Lipinski definition) is 1. The smallest absolute Gasteiger partial charge is 0.224 e. The summed E-state index contributed by atoms with van der Waals surface area (Å²) in [5.74, 6) is 0.550. The number of likely N-dealkylation sites (tertiary alicyclic amines) is 1. The molecule has 2 unspecified atom stereocenters. The normalized spacial score (nSPS) is 20.8. The van der Waals surface area contributed by atoms with Gasteiger partial charge in [0.25, 0.3) is 0 Å². The minimum absolute atomic E-state index is 0.0375. The van der Waals surface area contributed by atoms with Crippen LogP contribution in [-0.2, 0) is 4.79 Å². The quantitative estimate of drug-likeness (QED) is 0.904. The van der Waals surface area contributed by atoms with Crippen molar-refractivity contribution in [1.29, 1.82) is 0 Å². The number of benzene rings is 1. The summed E-state index contributed by atoms with van der Waals surface area (Å²) in [5.41, 5.74) is 7.26. The van der Waals surface area contributed by atoms with E-state index in [1.807, 2.05) is 23.1 Å². The predicted octanol–water partition coefficient (Wildman–Crippen LogP) is 2.72. The Balaban J connectivity index is 2.05. The van der Waals surface area contributed by atoms with Crippen molar-refractivity contribution >= 4 is 5.91 Å². The Bertz CT molecular complexity index is 416. The van der Waals surface area contributed by atoms with Crippen molar-refractivity contribution in [3.63, 3.8) is 0 Å². The van der Waals surface area contributed by atoms with Crippen LogP contribution in [0.5, 0.6) is 0 Å². The number of hydrogen-bond acceptors (Lipinski definition) is 2. The first kappa shape index (κ1) is 14.1. The molecular formula is C16H24N2O. The van der Waals surface area contributed by atoms with Crippen LogP contribution in [0.4, 0.5) is 0 Å². The lowest BCUT2D eigenvalue weighted by molar-refractivity contribution is -0.132. The van der Waals surface area contributed by atoms with Gasteiger partial charge >= 0.3 is 0 Å². The molecule has 19 heavy (non-hydrogen) atoms. The average Bonchev–Trinajstić information content (AvgIpc) is 2.88. The lowest BCUT2D eigenvalue weighted by atomic mass is 10.0. The summed E-state index contributed by atoms with van der Waals surface area (Å²) in [6.07, 6.45) is 2.61. The first-order chi connectivity index (χ1) is 9.09. The molecule has 0 bridgehead atoms. The SMILES string of the molecule is CC(C)C(N)CC(=O)N1CCCC1c1ccccc1. The van der Waals surface area contributed by atoms with Crippen LogP contribution in [0.2, 0.25) is 0 Å². The van der Waals surface area contributed by atoms with Gasteiger partial charge in [-0.1, -0.05) is 44.2 Å². The van der Waals surface area contributed by atoms with Gasteiger partial charge < -0.3 is 10.6 Å². The maximum absolute atomic E-state index is 12.4. The van der Waals surface area contributed by atoms with Crippen molar-refractivity contribution in [2.24, 2.45) is 11.7 Å². The third-order valence-corrected chi connectivity index (χ3v) is 4.02. The minimum Gasteiger partial charge on any atom is -0.336 e. The van der Waals surface area contributed by atoms with Crippen molar-refractivity contribution < 1.29 is 4.79 Å². The number of rotatable bonds is 4. The van der Waals surface area contributed by atoms with E-state index in [4.69, 9.17) is 5.73 Å². The largest absolute Gasteiger partial charge is 0.336 e. The lowest BCUT2D eigenvalue weighted by Crippen LogP contribution is -2.37. The van der Waals surface area contributed by atoms with E-state index < -0.39 is 0 Å². The van der Waals surface area contributed by atoms with E-state index in [0.717, 1.165) is 19.4 Å². The molecule has 0 aliphatic carbocycles. The predicted molar refractivity (Wildman–Crippen MR) is 77.6 cm³/mol. The van der Waals surface area contributed by atoms with Gasteiger partial charge in [0.2, 0.25) is 5.91 Å². The topological polar surface area (TPSA) is 46.3 Å². The summed E-state index contributed by atoms with van der Waals surface area (Å²) >= 11 is 0. The van der Waals surface area contributed by atoms with E-state index in [1.165, 1.54) is 5.56 Å². The van der Waals surface area contributed by atoms with E-state index in [-0.39, 0.29) is 18.0 Å². The fraction of sp³-hybridized carbons (Fsp3) is 0.562. The van der Waals surface area contributed by atoms with Gasteiger partial charge in [0, 0.05) is 19.0 Å². The third-order valence-electron chi connectivity index (χ3n) is 4.02.